The third-order valence-corrected chi connectivity index (χ3v) is 4.15. The number of carbonyl (C=O) groups is 3. The molecule has 0 aliphatic rings. The molecule has 0 aliphatic carbocycles. The van der Waals surface area contributed by atoms with Crippen molar-refractivity contribution in [3.63, 3.8) is 0 Å². The highest BCUT2D eigenvalue weighted by atomic mass is 79.9. The Morgan fingerprint density at radius 1 is 1.30 bits per heavy atom. The molecule has 0 radical (unpaired) electrons. The Bertz CT molecular complexity index is 571. The average molecular weight is 403 g/mol. The van der Waals surface area contributed by atoms with Crippen molar-refractivity contribution in [2.45, 2.75) is 12.5 Å². The Balaban J connectivity index is 2.50. The molecule has 0 spiro atoms. The number of halogens is 1. The molecule has 7 nitrogen and oxygen atoms in total. The quantitative estimate of drug-likeness (QED) is 0.524. The largest absolute Gasteiger partial charge is 0.352 e. The van der Waals surface area contributed by atoms with E-state index in [1.165, 1.54) is 0 Å². The van der Waals surface area contributed by atoms with E-state index in [4.69, 9.17) is 5.73 Å². The Labute approximate surface area is 147 Å². The summed E-state index contributed by atoms with van der Waals surface area (Å²) in [5, 5.41) is 7.53. The number of thioether (sulfide) groups is 1. The van der Waals surface area contributed by atoms with Crippen molar-refractivity contribution in [3.8, 4) is 0 Å². The van der Waals surface area contributed by atoms with Crippen LogP contribution >= 0.6 is 27.7 Å². The second-order valence-corrected chi connectivity index (χ2v) is 6.43. The molecule has 5 N–H and O–H groups in total. The van der Waals surface area contributed by atoms with Crippen molar-refractivity contribution in [1.82, 2.24) is 10.6 Å². The van der Waals surface area contributed by atoms with Gasteiger partial charge in [0, 0.05) is 4.47 Å². The highest BCUT2D eigenvalue weighted by Gasteiger charge is 2.19. The van der Waals surface area contributed by atoms with Crippen LogP contribution in [0.4, 0.5) is 10.5 Å². The van der Waals surface area contributed by atoms with Crippen molar-refractivity contribution in [2.24, 2.45) is 5.73 Å². The zero-order valence-corrected chi connectivity index (χ0v) is 15.0. The van der Waals surface area contributed by atoms with Gasteiger partial charge in [-0.15, -0.1) is 0 Å². The van der Waals surface area contributed by atoms with Gasteiger partial charge in [-0.1, -0.05) is 12.1 Å². The highest BCUT2D eigenvalue weighted by molar-refractivity contribution is 9.10. The van der Waals surface area contributed by atoms with Gasteiger partial charge in [0.05, 0.1) is 12.2 Å². The zero-order valence-electron chi connectivity index (χ0n) is 12.6. The number of rotatable bonds is 8. The number of carbonyl (C=O) groups excluding carboxylic acids is 3. The van der Waals surface area contributed by atoms with E-state index in [2.05, 4.69) is 31.9 Å². The lowest BCUT2D eigenvalue weighted by molar-refractivity contribution is -0.125. The summed E-state index contributed by atoms with van der Waals surface area (Å²) in [6.07, 6.45) is 2.33. The molecule has 1 rings (SSSR count). The van der Waals surface area contributed by atoms with E-state index in [0.29, 0.717) is 17.9 Å². The van der Waals surface area contributed by atoms with Crippen LogP contribution in [-0.2, 0) is 9.59 Å². The second-order valence-electron chi connectivity index (χ2n) is 4.59. The van der Waals surface area contributed by atoms with Crippen molar-refractivity contribution >= 4 is 51.2 Å². The molecule has 1 aromatic carbocycles. The molecule has 126 valence electrons. The van der Waals surface area contributed by atoms with E-state index < -0.39 is 18.0 Å². The van der Waals surface area contributed by atoms with E-state index in [1.807, 2.05) is 12.3 Å². The summed E-state index contributed by atoms with van der Waals surface area (Å²) >= 11 is 4.86. The van der Waals surface area contributed by atoms with E-state index in [1.54, 1.807) is 30.0 Å². The first-order valence-corrected chi connectivity index (χ1v) is 8.99. The number of hydrogen-bond acceptors (Lipinski definition) is 4. The molecule has 0 heterocycles. The number of anilines is 1. The molecule has 9 heteroatoms. The minimum absolute atomic E-state index is 0.198. The predicted molar refractivity (Wildman–Crippen MR) is 95.3 cm³/mol. The third kappa shape index (κ3) is 7.38. The minimum Gasteiger partial charge on any atom is -0.352 e. The number of hydrogen-bond donors (Lipinski definition) is 4. The first kappa shape index (κ1) is 19.3. The maximum absolute atomic E-state index is 12.0. The molecule has 0 unspecified atom stereocenters. The van der Waals surface area contributed by atoms with Gasteiger partial charge in [-0.3, -0.25) is 9.59 Å². The van der Waals surface area contributed by atoms with Gasteiger partial charge < -0.3 is 21.7 Å². The molecule has 0 saturated heterocycles. The van der Waals surface area contributed by atoms with E-state index in [0.717, 1.165) is 4.47 Å². The zero-order chi connectivity index (χ0) is 17.2. The van der Waals surface area contributed by atoms with Crippen LogP contribution in [-0.4, -0.2) is 42.4 Å². The molecule has 0 fully saturated rings. The molecule has 0 aromatic heterocycles. The van der Waals surface area contributed by atoms with Gasteiger partial charge in [0.1, 0.15) is 6.04 Å². The van der Waals surface area contributed by atoms with Crippen LogP contribution in [0.1, 0.15) is 6.42 Å². The van der Waals surface area contributed by atoms with Crippen LogP contribution in [0.5, 0.6) is 0 Å². The number of benzene rings is 1. The molecular formula is C14H19BrN4O3S. The van der Waals surface area contributed by atoms with Gasteiger partial charge in [0.25, 0.3) is 0 Å². The van der Waals surface area contributed by atoms with Crippen LogP contribution in [0.2, 0.25) is 0 Å². The van der Waals surface area contributed by atoms with E-state index in [9.17, 15) is 14.4 Å². The van der Waals surface area contributed by atoms with Crippen molar-refractivity contribution in [1.29, 1.82) is 0 Å². The number of nitrogens with two attached hydrogens (primary N) is 1. The fourth-order valence-corrected chi connectivity index (χ4v) is 2.58. The Morgan fingerprint density at radius 2 is 2.00 bits per heavy atom. The molecular weight excluding hydrogens is 384 g/mol. The van der Waals surface area contributed by atoms with Crippen LogP contribution in [0.25, 0.3) is 0 Å². The average Bonchev–Trinajstić information content (AvgIpc) is 2.51. The van der Waals surface area contributed by atoms with E-state index >= 15 is 0 Å². The van der Waals surface area contributed by atoms with E-state index in [-0.39, 0.29) is 12.5 Å². The number of nitrogens with one attached hydrogen (secondary N) is 3. The number of para-hydroxylation sites is 1. The van der Waals surface area contributed by atoms with Crippen LogP contribution < -0.4 is 21.7 Å². The molecule has 23 heavy (non-hydrogen) atoms. The lowest BCUT2D eigenvalue weighted by Crippen LogP contribution is -2.50. The molecule has 4 amide bonds. The Morgan fingerprint density at radius 3 is 2.61 bits per heavy atom. The second kappa shape index (κ2) is 10.1. The standard InChI is InChI=1S/C14H19BrN4O3S/c1-23-7-6-11(19-14(16)22)13(21)17-8-12(20)18-10-5-3-2-4-9(10)15/h2-5,11H,6-8H2,1H3,(H,17,21)(H,18,20)(H3,16,19,22)/t11-/m1/s1. The monoisotopic (exact) mass is 402 g/mol. The van der Waals surface area contributed by atoms with Crippen LogP contribution in [0.3, 0.4) is 0 Å². The molecule has 0 bridgehead atoms. The molecule has 0 saturated carbocycles. The van der Waals surface area contributed by atoms with Crippen molar-refractivity contribution in [3.05, 3.63) is 28.7 Å². The lowest BCUT2D eigenvalue weighted by Gasteiger charge is -2.16. The van der Waals surface area contributed by atoms with Crippen molar-refractivity contribution in [2.75, 3.05) is 23.9 Å². The maximum Gasteiger partial charge on any atom is 0.312 e. The summed E-state index contributed by atoms with van der Waals surface area (Å²) in [6.45, 7) is -0.198. The van der Waals surface area contributed by atoms with Gasteiger partial charge in [0.2, 0.25) is 11.8 Å². The normalized spacial score (nSPS) is 11.4. The number of urea groups is 1. The van der Waals surface area contributed by atoms with Gasteiger partial charge >= 0.3 is 6.03 Å². The number of amides is 4. The summed E-state index contributed by atoms with van der Waals surface area (Å²) in [7, 11) is 0. The SMILES string of the molecule is CSCC[C@@H](NC(N)=O)C(=O)NCC(=O)Nc1ccccc1Br. The fraction of sp³-hybridized carbons (Fsp3) is 0.357. The Hall–Kier alpha value is -1.74. The third-order valence-electron chi connectivity index (χ3n) is 2.81. The van der Waals surface area contributed by atoms with Gasteiger partial charge in [-0.25, -0.2) is 4.79 Å². The topological polar surface area (TPSA) is 113 Å². The summed E-state index contributed by atoms with van der Waals surface area (Å²) in [5.74, 6) is -0.130. The highest BCUT2D eigenvalue weighted by Crippen LogP contribution is 2.20. The maximum atomic E-state index is 12.0. The number of primary amides is 1. The minimum atomic E-state index is -0.774. The molecule has 1 aromatic rings. The first-order chi connectivity index (χ1) is 10.9. The fourth-order valence-electron chi connectivity index (χ4n) is 1.72. The summed E-state index contributed by atoms with van der Waals surface area (Å²) in [6, 6.07) is 5.62. The van der Waals surface area contributed by atoms with Crippen molar-refractivity contribution < 1.29 is 14.4 Å². The van der Waals surface area contributed by atoms with Gasteiger partial charge in [0.15, 0.2) is 0 Å². The molecule has 0 aliphatic heterocycles. The van der Waals surface area contributed by atoms with Gasteiger partial charge in [-0.05, 0) is 46.5 Å². The Kier molecular flexibility index (Phi) is 8.49. The molecule has 1 atom stereocenters. The first-order valence-electron chi connectivity index (χ1n) is 6.81. The lowest BCUT2D eigenvalue weighted by atomic mass is 10.2. The van der Waals surface area contributed by atoms with Gasteiger partial charge in [-0.2, -0.15) is 11.8 Å². The summed E-state index contributed by atoms with van der Waals surface area (Å²) in [5.41, 5.74) is 5.67. The van der Waals surface area contributed by atoms with Crippen LogP contribution in [0.15, 0.2) is 28.7 Å². The van der Waals surface area contributed by atoms with Crippen LogP contribution in [0, 0.1) is 0 Å². The smallest absolute Gasteiger partial charge is 0.312 e. The summed E-state index contributed by atoms with van der Waals surface area (Å²) in [4.78, 5) is 34.8. The summed E-state index contributed by atoms with van der Waals surface area (Å²) < 4.78 is 0.743. The predicted octanol–water partition coefficient (Wildman–Crippen LogP) is 1.29.